The lowest BCUT2D eigenvalue weighted by Crippen LogP contribution is -2.44. The van der Waals surface area contributed by atoms with Crippen LogP contribution in [0.5, 0.6) is 0 Å². The Labute approximate surface area is 226 Å². The molecule has 0 radical (unpaired) electrons. The highest BCUT2D eigenvalue weighted by atomic mass is 32.2. The van der Waals surface area contributed by atoms with E-state index in [1.54, 1.807) is 6.20 Å². The molecule has 2 bridgehead atoms. The Morgan fingerprint density at radius 3 is 2.67 bits per heavy atom. The number of alkyl halides is 3. The molecule has 0 saturated carbocycles. The van der Waals surface area contributed by atoms with Crippen LogP contribution in [0.15, 0.2) is 29.4 Å². The molecule has 0 spiro atoms. The summed E-state index contributed by atoms with van der Waals surface area (Å²) in [7, 11) is -2.42. The van der Waals surface area contributed by atoms with Crippen LogP contribution >= 0.6 is 11.3 Å². The van der Waals surface area contributed by atoms with Crippen LogP contribution in [-0.2, 0) is 16.0 Å². The molecule has 10 nitrogen and oxygen atoms in total. The lowest BCUT2D eigenvalue weighted by molar-refractivity contribution is -0.137. The van der Waals surface area contributed by atoms with E-state index in [4.69, 9.17) is 0 Å². The summed E-state index contributed by atoms with van der Waals surface area (Å²) in [6, 6.07) is 3.86. The van der Waals surface area contributed by atoms with E-state index in [1.807, 2.05) is 13.0 Å². The zero-order chi connectivity index (χ0) is 27.7. The number of nitrogens with zero attached hydrogens (tertiary/aromatic N) is 5. The number of halogens is 3. The molecule has 3 aliphatic heterocycles. The van der Waals surface area contributed by atoms with Gasteiger partial charge in [-0.15, -0.1) is 11.3 Å². The summed E-state index contributed by atoms with van der Waals surface area (Å²) in [4.78, 5) is 28.3. The second kappa shape index (κ2) is 9.13. The topological polar surface area (TPSA) is 120 Å². The first kappa shape index (κ1) is 26.0. The van der Waals surface area contributed by atoms with Gasteiger partial charge in [0.15, 0.2) is 9.84 Å². The third-order valence-corrected chi connectivity index (χ3v) is 10.3. The minimum Gasteiger partial charge on any atom is -0.351 e. The number of nitrogens with one attached hydrogen (secondary N) is 2. The number of fused-ring (bicyclic) bond motifs is 3. The van der Waals surface area contributed by atoms with Crippen LogP contribution < -0.4 is 15.5 Å². The number of carbonyl (C=O) groups is 1. The first-order chi connectivity index (χ1) is 18.4. The highest BCUT2D eigenvalue weighted by Crippen LogP contribution is 2.42. The average Bonchev–Trinajstić information content (AvgIpc) is 3.62. The van der Waals surface area contributed by atoms with Crippen molar-refractivity contribution in [2.45, 2.75) is 36.5 Å². The van der Waals surface area contributed by atoms with Gasteiger partial charge in [-0.1, -0.05) is 0 Å². The van der Waals surface area contributed by atoms with Crippen LogP contribution in [0, 0.1) is 6.92 Å². The molecule has 3 aromatic rings. The molecule has 1 amide bonds. The summed E-state index contributed by atoms with van der Waals surface area (Å²) in [5.74, 6) is -0.169. The van der Waals surface area contributed by atoms with E-state index in [0.29, 0.717) is 35.3 Å². The van der Waals surface area contributed by atoms with Gasteiger partial charge in [0.2, 0.25) is 5.95 Å². The van der Waals surface area contributed by atoms with E-state index < -0.39 is 33.2 Å². The average molecular weight is 580 g/mol. The van der Waals surface area contributed by atoms with Crippen molar-refractivity contribution in [3.8, 4) is 10.6 Å². The van der Waals surface area contributed by atoms with E-state index in [-0.39, 0.29) is 32.9 Å². The normalized spacial score (nSPS) is 22.2. The van der Waals surface area contributed by atoms with E-state index in [0.717, 1.165) is 37.0 Å². The molecule has 3 aliphatic rings. The maximum absolute atomic E-state index is 13.9. The van der Waals surface area contributed by atoms with Crippen LogP contribution in [0.3, 0.4) is 0 Å². The van der Waals surface area contributed by atoms with Crippen LogP contribution in [0.25, 0.3) is 10.6 Å². The van der Waals surface area contributed by atoms with Crippen LogP contribution in [0.4, 0.5) is 30.6 Å². The molecule has 3 aromatic heterocycles. The van der Waals surface area contributed by atoms with Crippen LogP contribution in [-0.4, -0.2) is 78.7 Å². The van der Waals surface area contributed by atoms with Crippen molar-refractivity contribution in [3.63, 3.8) is 0 Å². The fraction of sp³-hybridized carbons (Fsp3) is 0.417. The molecular weight excluding hydrogens is 555 g/mol. The molecule has 15 heteroatoms. The number of hydrogen-bond donors (Lipinski definition) is 2. The lowest BCUT2D eigenvalue weighted by Gasteiger charge is -2.29. The summed E-state index contributed by atoms with van der Waals surface area (Å²) in [5.41, 5.74) is -0.311. The number of pyridine rings is 1. The number of rotatable bonds is 4. The number of amides is 1. The highest BCUT2D eigenvalue weighted by molar-refractivity contribution is 7.91. The van der Waals surface area contributed by atoms with E-state index in [9.17, 15) is 26.4 Å². The summed E-state index contributed by atoms with van der Waals surface area (Å²) in [6.45, 7) is 3.63. The molecule has 206 valence electrons. The Balaban J connectivity index is 1.36. The van der Waals surface area contributed by atoms with Gasteiger partial charge in [-0.3, -0.25) is 4.79 Å². The van der Waals surface area contributed by atoms with Gasteiger partial charge in [0.05, 0.1) is 33.1 Å². The highest BCUT2D eigenvalue weighted by Gasteiger charge is 2.39. The monoisotopic (exact) mass is 579 g/mol. The molecule has 2 fully saturated rings. The van der Waals surface area contributed by atoms with Gasteiger partial charge in [0.1, 0.15) is 16.3 Å². The Bertz CT molecular complexity index is 1590. The van der Waals surface area contributed by atoms with Crippen molar-refractivity contribution in [1.29, 1.82) is 0 Å². The molecule has 0 aromatic carbocycles. The molecule has 6 rings (SSSR count). The zero-order valence-corrected chi connectivity index (χ0v) is 22.5. The smallest absolute Gasteiger partial charge is 0.351 e. The molecule has 2 N–H and O–H groups in total. The van der Waals surface area contributed by atoms with Crippen molar-refractivity contribution < 1.29 is 26.4 Å². The fourth-order valence-corrected chi connectivity index (χ4v) is 8.17. The first-order valence-corrected chi connectivity index (χ1v) is 14.7. The fourth-order valence-electron chi connectivity index (χ4n) is 5.14. The SMILES string of the molecule is Cc1cc(N2C[C@H]3C[C@@H]2CN3)ncc1Nc1ncc(C(F)(F)F)c(-c2cc3c(s2)C(=O)N(C)CCS3(=O)=O)n1. The summed E-state index contributed by atoms with van der Waals surface area (Å²) in [5, 5.41) is 6.39. The van der Waals surface area contributed by atoms with Gasteiger partial charge in [-0.2, -0.15) is 13.2 Å². The molecule has 0 unspecified atom stereocenters. The number of thiophene rings is 1. The Morgan fingerprint density at radius 1 is 1.21 bits per heavy atom. The number of hydrogen-bond acceptors (Lipinski definition) is 10. The number of sulfone groups is 1. The van der Waals surface area contributed by atoms with Crippen molar-refractivity contribution in [3.05, 3.63) is 40.5 Å². The molecule has 2 atom stereocenters. The van der Waals surface area contributed by atoms with Crippen molar-refractivity contribution in [2.24, 2.45) is 0 Å². The molecule has 2 saturated heterocycles. The predicted molar refractivity (Wildman–Crippen MR) is 139 cm³/mol. The van der Waals surface area contributed by atoms with Gasteiger partial charge in [-0.05, 0) is 31.0 Å². The molecule has 6 heterocycles. The summed E-state index contributed by atoms with van der Waals surface area (Å²) >= 11 is 0.675. The van der Waals surface area contributed by atoms with Crippen molar-refractivity contribution >= 4 is 44.5 Å². The van der Waals surface area contributed by atoms with Gasteiger partial charge in [-0.25, -0.2) is 23.4 Å². The predicted octanol–water partition coefficient (Wildman–Crippen LogP) is 3.08. The van der Waals surface area contributed by atoms with Crippen LogP contribution in [0.1, 0.15) is 27.2 Å². The maximum Gasteiger partial charge on any atom is 0.420 e. The van der Waals surface area contributed by atoms with Gasteiger partial charge >= 0.3 is 6.18 Å². The number of piperazine rings is 1. The zero-order valence-electron chi connectivity index (χ0n) is 20.9. The minimum atomic E-state index is -4.81. The quantitative estimate of drug-likeness (QED) is 0.481. The van der Waals surface area contributed by atoms with Gasteiger partial charge in [0.25, 0.3) is 5.91 Å². The van der Waals surface area contributed by atoms with Gasteiger partial charge < -0.3 is 20.4 Å². The summed E-state index contributed by atoms with van der Waals surface area (Å²) in [6.07, 6.45) is -1.49. The maximum atomic E-state index is 13.9. The Morgan fingerprint density at radius 2 is 2.00 bits per heavy atom. The van der Waals surface area contributed by atoms with Crippen LogP contribution in [0.2, 0.25) is 0 Å². The van der Waals surface area contributed by atoms with Crippen molar-refractivity contribution in [1.82, 2.24) is 25.2 Å². The number of carbonyl (C=O) groups excluding carboxylic acids is 1. The second-order valence-electron chi connectivity index (χ2n) is 9.93. The second-order valence-corrected chi connectivity index (χ2v) is 13.1. The lowest BCUT2D eigenvalue weighted by atomic mass is 10.2. The standard InChI is InChI=1S/C24H24F3N7O3S2/c1-12-5-19(34-11-13-6-14(34)8-28-13)29-10-16(12)31-23-30-9-15(24(25,26)27)20(32-23)17-7-18-21(38-17)22(35)33(2)3-4-39(18,36)37/h5,7,9-10,13-14,28H,3-4,6,8,11H2,1-2H3,(H,30,31,32)/t13-,14-/m1/s1. The first-order valence-electron chi connectivity index (χ1n) is 12.2. The number of anilines is 3. The third-order valence-electron chi connectivity index (χ3n) is 7.29. The Hall–Kier alpha value is -3.30. The Kier molecular flexibility index (Phi) is 6.07. The molecular formula is C24H24F3N7O3S2. The third kappa shape index (κ3) is 4.61. The van der Waals surface area contributed by atoms with E-state index in [1.165, 1.54) is 11.9 Å². The minimum absolute atomic E-state index is 0.00462. The van der Waals surface area contributed by atoms with E-state index >= 15 is 0 Å². The van der Waals surface area contributed by atoms with E-state index in [2.05, 4.69) is 30.5 Å². The molecule has 39 heavy (non-hydrogen) atoms. The summed E-state index contributed by atoms with van der Waals surface area (Å²) < 4.78 is 67.4. The molecule has 0 aliphatic carbocycles. The largest absolute Gasteiger partial charge is 0.420 e. The number of aryl methyl sites for hydroxylation is 1. The van der Waals surface area contributed by atoms with Gasteiger partial charge in [0, 0.05) is 45.0 Å². The van der Waals surface area contributed by atoms with Crippen molar-refractivity contribution in [2.75, 3.05) is 42.7 Å². The number of aromatic nitrogens is 3.